The lowest BCUT2D eigenvalue weighted by molar-refractivity contribution is 0.743. The number of nitrogens with one attached hydrogen (secondary N) is 1. The zero-order chi connectivity index (χ0) is 22.5. The predicted molar refractivity (Wildman–Crippen MR) is 138 cm³/mol. The van der Waals surface area contributed by atoms with Crippen LogP contribution in [0.2, 0.25) is 0 Å². The lowest BCUT2D eigenvalue weighted by atomic mass is 9.88. The van der Waals surface area contributed by atoms with E-state index in [1.165, 1.54) is 16.7 Å². The first kappa shape index (κ1) is 20.9. The van der Waals surface area contributed by atoms with E-state index >= 15 is 0 Å². The van der Waals surface area contributed by atoms with Gasteiger partial charge >= 0.3 is 0 Å². The van der Waals surface area contributed by atoms with Gasteiger partial charge in [0, 0.05) is 23.4 Å². The molecule has 0 aliphatic rings. The Morgan fingerprint density at radius 1 is 0.667 bits per heavy atom. The van der Waals surface area contributed by atoms with E-state index in [0.29, 0.717) is 5.92 Å². The van der Waals surface area contributed by atoms with Crippen LogP contribution in [0.4, 0.5) is 5.82 Å². The number of fused-ring (bicyclic) bond motifs is 1. The summed E-state index contributed by atoms with van der Waals surface area (Å²) in [5, 5.41) is 4.67. The van der Waals surface area contributed by atoms with Gasteiger partial charge in [-0.25, -0.2) is 9.97 Å². The Labute approximate surface area is 195 Å². The van der Waals surface area contributed by atoms with Gasteiger partial charge in [0.05, 0.1) is 5.52 Å². The second kappa shape index (κ2) is 9.66. The maximum atomic E-state index is 4.92. The molecule has 3 heteroatoms. The molecule has 1 aromatic heterocycles. The molecule has 4 aromatic carbocycles. The average Bonchev–Trinajstić information content (AvgIpc) is 2.88. The highest BCUT2D eigenvalue weighted by atomic mass is 15.0. The monoisotopic (exact) mass is 429 g/mol. The van der Waals surface area contributed by atoms with Crippen molar-refractivity contribution in [3.8, 4) is 11.4 Å². The van der Waals surface area contributed by atoms with E-state index in [1.807, 2.05) is 12.1 Å². The zero-order valence-electron chi connectivity index (χ0n) is 18.8. The van der Waals surface area contributed by atoms with E-state index < -0.39 is 0 Å². The van der Waals surface area contributed by atoms with Crippen molar-refractivity contribution >= 4 is 16.7 Å². The molecule has 0 saturated carbocycles. The van der Waals surface area contributed by atoms with Crippen molar-refractivity contribution in [2.75, 3.05) is 11.9 Å². The number of hydrogen-bond donors (Lipinski definition) is 1. The fraction of sp³-hybridized carbons (Fsp3) is 0.133. The van der Waals surface area contributed by atoms with Gasteiger partial charge in [-0.15, -0.1) is 0 Å². The van der Waals surface area contributed by atoms with Gasteiger partial charge in [-0.05, 0) is 36.6 Å². The standard InChI is InChI=1S/C30H27N3/c1-22-16-18-25(19-17-22)29-32-28-15-9-8-14-27(28)30(33-29)31-21-20-26(23-10-4-2-5-11-23)24-12-6-3-7-13-24/h2-19,26H,20-21H2,1H3,(H,31,32,33). The molecule has 0 saturated heterocycles. The lowest BCUT2D eigenvalue weighted by Crippen LogP contribution is -2.11. The summed E-state index contributed by atoms with van der Waals surface area (Å²) in [7, 11) is 0. The van der Waals surface area contributed by atoms with Gasteiger partial charge in [-0.2, -0.15) is 0 Å². The molecule has 0 unspecified atom stereocenters. The number of rotatable bonds is 7. The summed E-state index contributed by atoms with van der Waals surface area (Å²) in [6.07, 6.45) is 0.965. The molecule has 1 heterocycles. The lowest BCUT2D eigenvalue weighted by Gasteiger charge is -2.19. The largest absolute Gasteiger partial charge is 0.369 e. The Kier molecular flexibility index (Phi) is 6.12. The Morgan fingerprint density at radius 3 is 1.94 bits per heavy atom. The number of hydrogen-bond acceptors (Lipinski definition) is 3. The maximum absolute atomic E-state index is 4.92. The quantitative estimate of drug-likeness (QED) is 0.296. The average molecular weight is 430 g/mol. The Hall–Kier alpha value is -3.98. The van der Waals surface area contributed by atoms with Crippen LogP contribution in [-0.4, -0.2) is 16.5 Å². The summed E-state index contributed by atoms with van der Waals surface area (Å²) in [4.78, 5) is 9.74. The van der Waals surface area contributed by atoms with Crippen LogP contribution in [0.5, 0.6) is 0 Å². The van der Waals surface area contributed by atoms with Crippen molar-refractivity contribution in [2.24, 2.45) is 0 Å². The molecule has 5 rings (SSSR count). The van der Waals surface area contributed by atoms with Crippen molar-refractivity contribution in [3.05, 3.63) is 126 Å². The van der Waals surface area contributed by atoms with Crippen molar-refractivity contribution in [1.82, 2.24) is 9.97 Å². The van der Waals surface area contributed by atoms with Crippen molar-refractivity contribution in [3.63, 3.8) is 0 Å². The number of para-hydroxylation sites is 1. The molecule has 0 aliphatic carbocycles. The minimum absolute atomic E-state index is 0.324. The molecule has 162 valence electrons. The van der Waals surface area contributed by atoms with Gasteiger partial charge < -0.3 is 5.32 Å². The van der Waals surface area contributed by atoms with Gasteiger partial charge in [-0.3, -0.25) is 0 Å². The molecule has 0 spiro atoms. The van der Waals surface area contributed by atoms with Crippen LogP contribution in [0.15, 0.2) is 109 Å². The van der Waals surface area contributed by atoms with Crippen LogP contribution in [0.1, 0.15) is 29.0 Å². The molecule has 5 aromatic rings. The normalized spacial score (nSPS) is 11.1. The molecule has 3 nitrogen and oxygen atoms in total. The molecular formula is C30H27N3. The van der Waals surface area contributed by atoms with Crippen LogP contribution in [-0.2, 0) is 0 Å². The molecule has 33 heavy (non-hydrogen) atoms. The fourth-order valence-electron chi connectivity index (χ4n) is 4.27. The minimum atomic E-state index is 0.324. The topological polar surface area (TPSA) is 37.8 Å². The van der Waals surface area contributed by atoms with E-state index in [-0.39, 0.29) is 0 Å². The first-order valence-electron chi connectivity index (χ1n) is 11.5. The van der Waals surface area contributed by atoms with Gasteiger partial charge in [0.15, 0.2) is 5.82 Å². The maximum Gasteiger partial charge on any atom is 0.162 e. The highest BCUT2D eigenvalue weighted by Crippen LogP contribution is 2.29. The second-order valence-electron chi connectivity index (χ2n) is 8.37. The second-order valence-corrected chi connectivity index (χ2v) is 8.37. The van der Waals surface area contributed by atoms with Gasteiger partial charge in [-0.1, -0.05) is 103 Å². The first-order valence-corrected chi connectivity index (χ1v) is 11.5. The highest BCUT2D eigenvalue weighted by molar-refractivity contribution is 5.90. The van der Waals surface area contributed by atoms with Crippen LogP contribution in [0.3, 0.4) is 0 Å². The summed E-state index contributed by atoms with van der Waals surface area (Å²) in [5.74, 6) is 1.96. The fourth-order valence-corrected chi connectivity index (χ4v) is 4.27. The number of nitrogens with zero attached hydrogens (tertiary/aromatic N) is 2. The molecule has 0 bridgehead atoms. The molecule has 0 atom stereocenters. The third-order valence-electron chi connectivity index (χ3n) is 6.04. The Morgan fingerprint density at radius 2 is 1.27 bits per heavy atom. The molecule has 0 fully saturated rings. The van der Waals surface area contributed by atoms with E-state index in [2.05, 4.69) is 109 Å². The zero-order valence-corrected chi connectivity index (χ0v) is 18.8. The highest BCUT2D eigenvalue weighted by Gasteiger charge is 2.15. The van der Waals surface area contributed by atoms with Crippen LogP contribution >= 0.6 is 0 Å². The van der Waals surface area contributed by atoms with Crippen LogP contribution < -0.4 is 5.32 Å². The van der Waals surface area contributed by atoms with Crippen LogP contribution in [0.25, 0.3) is 22.3 Å². The molecular weight excluding hydrogens is 402 g/mol. The van der Waals surface area contributed by atoms with E-state index in [4.69, 9.17) is 9.97 Å². The van der Waals surface area contributed by atoms with E-state index in [1.54, 1.807) is 0 Å². The van der Waals surface area contributed by atoms with Gasteiger partial charge in [0.2, 0.25) is 0 Å². The Balaban J connectivity index is 1.43. The summed E-state index contributed by atoms with van der Waals surface area (Å²) < 4.78 is 0. The van der Waals surface area contributed by atoms with Gasteiger partial charge in [0.25, 0.3) is 0 Å². The number of aromatic nitrogens is 2. The van der Waals surface area contributed by atoms with Crippen molar-refractivity contribution < 1.29 is 0 Å². The number of aryl methyl sites for hydroxylation is 1. The Bertz CT molecular complexity index is 1290. The van der Waals surface area contributed by atoms with Crippen molar-refractivity contribution in [1.29, 1.82) is 0 Å². The summed E-state index contributed by atoms with van der Waals surface area (Å²) >= 11 is 0. The minimum Gasteiger partial charge on any atom is -0.369 e. The molecule has 0 aliphatic heterocycles. The predicted octanol–water partition coefficient (Wildman–Crippen LogP) is 7.24. The summed E-state index contributed by atoms with van der Waals surface area (Å²) in [5.41, 5.74) is 5.87. The van der Waals surface area contributed by atoms with E-state index in [0.717, 1.165) is 41.1 Å². The summed E-state index contributed by atoms with van der Waals surface area (Å²) in [6, 6.07) is 38.1. The van der Waals surface area contributed by atoms with Gasteiger partial charge in [0.1, 0.15) is 5.82 Å². The molecule has 0 radical (unpaired) electrons. The smallest absolute Gasteiger partial charge is 0.162 e. The summed E-state index contributed by atoms with van der Waals surface area (Å²) in [6.45, 7) is 2.90. The number of anilines is 1. The third kappa shape index (κ3) is 4.78. The first-order chi connectivity index (χ1) is 16.3. The van der Waals surface area contributed by atoms with Crippen LogP contribution in [0, 0.1) is 6.92 Å². The van der Waals surface area contributed by atoms with E-state index in [9.17, 15) is 0 Å². The molecule has 1 N–H and O–H groups in total. The number of benzene rings is 4. The van der Waals surface area contributed by atoms with Crippen molar-refractivity contribution in [2.45, 2.75) is 19.3 Å². The molecule has 0 amide bonds. The SMILES string of the molecule is Cc1ccc(-c2nc(NCCC(c3ccccc3)c3ccccc3)c3ccccc3n2)cc1. The third-order valence-corrected chi connectivity index (χ3v) is 6.04.